The molecule has 1 fully saturated rings. The zero-order chi connectivity index (χ0) is 11.9. The number of aliphatic hydroxyl groups is 1. The zero-order valence-electron chi connectivity index (χ0n) is 9.53. The largest absolute Gasteiger partial charge is 0.380 e. The van der Waals surface area contributed by atoms with Gasteiger partial charge in [0.15, 0.2) is 0 Å². The van der Waals surface area contributed by atoms with E-state index < -0.39 is 5.60 Å². The van der Waals surface area contributed by atoms with Gasteiger partial charge < -0.3 is 15.7 Å². The number of hydrogen-bond acceptors (Lipinski definition) is 4. The van der Waals surface area contributed by atoms with Gasteiger partial charge in [-0.2, -0.15) is 0 Å². The molecule has 1 unspecified atom stereocenters. The summed E-state index contributed by atoms with van der Waals surface area (Å²) in [5.41, 5.74) is 0.232. The van der Waals surface area contributed by atoms with Crippen LogP contribution < -0.4 is 10.6 Å². The van der Waals surface area contributed by atoms with Gasteiger partial charge in [-0.25, -0.2) is 0 Å². The summed E-state index contributed by atoms with van der Waals surface area (Å²) in [6.07, 6.45) is 2.27. The summed E-state index contributed by atoms with van der Waals surface area (Å²) in [5.74, 6) is -0.221. The van der Waals surface area contributed by atoms with E-state index in [1.54, 1.807) is 11.3 Å². The van der Waals surface area contributed by atoms with Gasteiger partial charge in [0.1, 0.15) is 5.60 Å². The maximum Gasteiger partial charge on any atom is 0.252 e. The molecule has 3 rings (SSSR count). The van der Waals surface area contributed by atoms with Gasteiger partial charge >= 0.3 is 0 Å². The van der Waals surface area contributed by atoms with Gasteiger partial charge in [-0.15, -0.1) is 11.3 Å². The highest BCUT2D eigenvalue weighted by Crippen LogP contribution is 2.35. The normalized spacial score (nSPS) is 25.1. The highest BCUT2D eigenvalue weighted by molar-refractivity contribution is 7.10. The summed E-state index contributed by atoms with van der Waals surface area (Å²) in [6.45, 7) is 1.52. The molecular weight excluding hydrogens is 236 g/mol. The van der Waals surface area contributed by atoms with Crippen LogP contribution in [0.5, 0.6) is 0 Å². The van der Waals surface area contributed by atoms with Gasteiger partial charge in [0.25, 0.3) is 5.91 Å². The van der Waals surface area contributed by atoms with Gasteiger partial charge in [-0.1, -0.05) is 0 Å². The molecule has 1 amide bonds. The molecule has 1 aliphatic heterocycles. The molecule has 0 bridgehead atoms. The zero-order valence-corrected chi connectivity index (χ0v) is 10.3. The second-order valence-electron chi connectivity index (χ2n) is 4.80. The van der Waals surface area contributed by atoms with Crippen molar-refractivity contribution in [1.29, 1.82) is 0 Å². The van der Waals surface area contributed by atoms with Crippen LogP contribution in [-0.4, -0.2) is 29.7 Å². The van der Waals surface area contributed by atoms with Crippen LogP contribution in [0.4, 0.5) is 0 Å². The van der Waals surface area contributed by atoms with E-state index in [4.69, 9.17) is 0 Å². The van der Waals surface area contributed by atoms with Gasteiger partial charge in [0.05, 0.1) is 6.04 Å². The molecule has 4 nitrogen and oxygen atoms in total. The number of hydrogen-bond donors (Lipinski definition) is 3. The van der Waals surface area contributed by atoms with E-state index in [2.05, 4.69) is 22.1 Å². The minimum Gasteiger partial charge on any atom is -0.380 e. The minimum absolute atomic E-state index is 0.191. The summed E-state index contributed by atoms with van der Waals surface area (Å²) >= 11 is 1.78. The Balaban J connectivity index is 1.62. The number of rotatable bonds is 3. The first-order chi connectivity index (χ1) is 8.19. The summed E-state index contributed by atoms with van der Waals surface area (Å²) in [6, 6.07) is 2.31. The van der Waals surface area contributed by atoms with Crippen molar-refractivity contribution >= 4 is 17.2 Å². The predicted octanol–water partition coefficient (Wildman–Crippen LogP) is 0.576. The van der Waals surface area contributed by atoms with Crippen LogP contribution in [0.3, 0.4) is 0 Å². The minimum atomic E-state index is -1.06. The molecule has 92 valence electrons. The lowest BCUT2D eigenvalue weighted by atomic mass is 10.0. The van der Waals surface area contributed by atoms with Crippen molar-refractivity contribution in [3.63, 3.8) is 0 Å². The van der Waals surface area contributed by atoms with Crippen LogP contribution in [0, 0.1) is 0 Å². The van der Waals surface area contributed by atoms with E-state index in [0.717, 1.165) is 13.0 Å². The van der Waals surface area contributed by atoms with E-state index in [9.17, 15) is 9.90 Å². The molecule has 5 heteroatoms. The quantitative estimate of drug-likeness (QED) is 0.737. The van der Waals surface area contributed by atoms with Crippen molar-refractivity contribution < 1.29 is 9.90 Å². The number of amides is 1. The highest BCUT2D eigenvalue weighted by atomic mass is 32.1. The van der Waals surface area contributed by atoms with Crippen molar-refractivity contribution in [2.45, 2.75) is 30.9 Å². The first-order valence-electron chi connectivity index (χ1n) is 5.99. The molecule has 1 saturated carbocycles. The molecular formula is C12H16N2O2S. The first-order valence-corrected chi connectivity index (χ1v) is 6.87. The fraction of sp³-hybridized carbons (Fsp3) is 0.583. The van der Waals surface area contributed by atoms with Crippen LogP contribution in [0.1, 0.15) is 29.3 Å². The van der Waals surface area contributed by atoms with E-state index in [0.29, 0.717) is 19.4 Å². The predicted molar refractivity (Wildman–Crippen MR) is 66.0 cm³/mol. The molecule has 0 spiro atoms. The lowest BCUT2D eigenvalue weighted by Gasteiger charge is -2.25. The molecule has 1 aromatic heterocycles. The fourth-order valence-electron chi connectivity index (χ4n) is 2.22. The van der Waals surface area contributed by atoms with E-state index in [1.165, 1.54) is 10.4 Å². The van der Waals surface area contributed by atoms with Gasteiger partial charge in [0.2, 0.25) is 0 Å². The van der Waals surface area contributed by atoms with Crippen LogP contribution in [0.25, 0.3) is 0 Å². The molecule has 1 aliphatic carbocycles. The van der Waals surface area contributed by atoms with Crippen LogP contribution in [0.2, 0.25) is 0 Å². The van der Waals surface area contributed by atoms with Gasteiger partial charge in [-0.05, 0) is 36.3 Å². The van der Waals surface area contributed by atoms with E-state index >= 15 is 0 Å². The number of carbonyl (C=O) groups is 1. The third-order valence-corrected chi connectivity index (χ3v) is 4.51. The standard InChI is InChI=1S/C12H16N2O2S/c15-11(12(16)3-4-12)14-7-9-8-2-6-17-10(8)1-5-13-9/h2,6,9,13,16H,1,3-5,7H2,(H,14,15). The third-order valence-electron chi connectivity index (χ3n) is 3.51. The topological polar surface area (TPSA) is 61.4 Å². The van der Waals surface area contributed by atoms with Crippen molar-refractivity contribution in [2.24, 2.45) is 0 Å². The van der Waals surface area contributed by atoms with Gasteiger partial charge in [0, 0.05) is 18.0 Å². The Kier molecular flexibility index (Phi) is 2.69. The number of thiophene rings is 1. The molecule has 2 aliphatic rings. The van der Waals surface area contributed by atoms with Crippen molar-refractivity contribution in [3.8, 4) is 0 Å². The Morgan fingerprint density at radius 1 is 1.65 bits per heavy atom. The molecule has 2 heterocycles. The Morgan fingerprint density at radius 2 is 2.47 bits per heavy atom. The second-order valence-corrected chi connectivity index (χ2v) is 5.80. The maximum absolute atomic E-state index is 11.6. The maximum atomic E-state index is 11.6. The Morgan fingerprint density at radius 3 is 3.24 bits per heavy atom. The number of nitrogens with one attached hydrogen (secondary N) is 2. The van der Waals surface area contributed by atoms with Crippen molar-refractivity contribution in [2.75, 3.05) is 13.1 Å². The average Bonchev–Trinajstić information content (AvgIpc) is 2.92. The molecule has 0 saturated heterocycles. The Labute approximate surface area is 104 Å². The summed E-state index contributed by atoms with van der Waals surface area (Å²) in [5, 5.41) is 18.0. The highest BCUT2D eigenvalue weighted by Gasteiger charge is 2.48. The summed E-state index contributed by atoms with van der Waals surface area (Å²) in [7, 11) is 0. The van der Waals surface area contributed by atoms with Gasteiger partial charge in [-0.3, -0.25) is 4.79 Å². The molecule has 0 aromatic carbocycles. The molecule has 3 N–H and O–H groups in total. The molecule has 1 aromatic rings. The van der Waals surface area contributed by atoms with E-state index in [1.807, 2.05) is 0 Å². The Hall–Kier alpha value is -0.910. The summed E-state index contributed by atoms with van der Waals surface area (Å²) < 4.78 is 0. The number of fused-ring (bicyclic) bond motifs is 1. The average molecular weight is 252 g/mol. The molecule has 0 radical (unpaired) electrons. The first kappa shape index (κ1) is 11.2. The Bertz CT molecular complexity index is 439. The lowest BCUT2D eigenvalue weighted by Crippen LogP contribution is -2.42. The van der Waals surface area contributed by atoms with Crippen LogP contribution >= 0.6 is 11.3 Å². The monoisotopic (exact) mass is 252 g/mol. The smallest absolute Gasteiger partial charge is 0.252 e. The fourth-order valence-corrected chi connectivity index (χ4v) is 3.17. The number of carbonyl (C=O) groups excluding carboxylic acids is 1. The SMILES string of the molecule is O=C(NCC1NCCc2sccc21)C1(O)CC1. The molecule has 17 heavy (non-hydrogen) atoms. The van der Waals surface area contributed by atoms with Crippen LogP contribution in [0.15, 0.2) is 11.4 Å². The lowest BCUT2D eigenvalue weighted by molar-refractivity contribution is -0.131. The third kappa shape index (κ3) is 2.10. The van der Waals surface area contributed by atoms with E-state index in [-0.39, 0.29) is 11.9 Å². The van der Waals surface area contributed by atoms with Crippen molar-refractivity contribution in [3.05, 3.63) is 21.9 Å². The molecule has 1 atom stereocenters. The second kappa shape index (κ2) is 4.08. The van der Waals surface area contributed by atoms with Crippen molar-refractivity contribution in [1.82, 2.24) is 10.6 Å². The summed E-state index contributed by atoms with van der Waals surface area (Å²) in [4.78, 5) is 13.0. The van der Waals surface area contributed by atoms with Crippen LogP contribution in [-0.2, 0) is 11.2 Å².